The lowest BCUT2D eigenvalue weighted by atomic mass is 9.89. The number of hydrogen-bond acceptors (Lipinski definition) is 2. The van der Waals surface area contributed by atoms with E-state index < -0.39 is 0 Å². The van der Waals surface area contributed by atoms with Gasteiger partial charge >= 0.3 is 0 Å². The predicted octanol–water partition coefficient (Wildman–Crippen LogP) is 2.20. The van der Waals surface area contributed by atoms with Gasteiger partial charge in [-0.3, -0.25) is 0 Å². The van der Waals surface area contributed by atoms with E-state index in [1.54, 1.807) is 14.2 Å². The Morgan fingerprint density at radius 1 is 1.29 bits per heavy atom. The lowest BCUT2D eigenvalue weighted by Crippen LogP contribution is -2.21. The van der Waals surface area contributed by atoms with Crippen LogP contribution in [0.5, 0.6) is 5.75 Å². The van der Waals surface area contributed by atoms with Gasteiger partial charge in [-0.2, -0.15) is 0 Å². The molecule has 1 aliphatic carbocycles. The van der Waals surface area contributed by atoms with E-state index in [-0.39, 0.29) is 0 Å². The number of ether oxygens (including phenoxy) is 2. The Morgan fingerprint density at radius 2 is 2.14 bits per heavy atom. The van der Waals surface area contributed by atoms with Crippen molar-refractivity contribution in [2.75, 3.05) is 14.2 Å². The summed E-state index contributed by atoms with van der Waals surface area (Å²) in [6, 6.07) is 6.25. The Hall–Kier alpha value is -1.02. The molecule has 0 fully saturated rings. The Balaban J connectivity index is 2.30. The van der Waals surface area contributed by atoms with Crippen molar-refractivity contribution in [2.45, 2.75) is 25.4 Å². The van der Waals surface area contributed by atoms with Gasteiger partial charge in [0.15, 0.2) is 0 Å². The van der Waals surface area contributed by atoms with Crippen LogP contribution < -0.4 is 4.74 Å². The molecule has 0 saturated heterocycles. The fourth-order valence-corrected chi connectivity index (χ4v) is 2.13. The first-order chi connectivity index (χ1) is 6.85. The fraction of sp³-hybridized carbons (Fsp3) is 0.500. The molecule has 1 aromatic carbocycles. The molecule has 76 valence electrons. The second-order valence-electron chi connectivity index (χ2n) is 3.70. The Labute approximate surface area is 84.8 Å². The molecular formula is C12H16O2. The standard InChI is InChI=1S/C12H16O2/c1-13-10-6-7-11-9(8-10)4-3-5-12(11)14-2/h3-5,10H,6-8H2,1-2H3. The van der Waals surface area contributed by atoms with Gasteiger partial charge in [-0.25, -0.2) is 0 Å². The van der Waals surface area contributed by atoms with E-state index in [0.29, 0.717) is 6.10 Å². The molecule has 1 unspecified atom stereocenters. The van der Waals surface area contributed by atoms with E-state index in [4.69, 9.17) is 9.47 Å². The summed E-state index contributed by atoms with van der Waals surface area (Å²) in [5.41, 5.74) is 2.74. The molecule has 1 atom stereocenters. The molecule has 0 saturated carbocycles. The average Bonchev–Trinajstić information content (AvgIpc) is 2.27. The van der Waals surface area contributed by atoms with Crippen LogP contribution >= 0.6 is 0 Å². The van der Waals surface area contributed by atoms with E-state index in [1.165, 1.54) is 11.1 Å². The molecule has 14 heavy (non-hydrogen) atoms. The summed E-state index contributed by atoms with van der Waals surface area (Å²) >= 11 is 0. The third-order valence-electron chi connectivity index (χ3n) is 2.95. The lowest BCUT2D eigenvalue weighted by Gasteiger charge is -2.24. The Morgan fingerprint density at radius 3 is 2.86 bits per heavy atom. The number of hydrogen-bond donors (Lipinski definition) is 0. The maximum Gasteiger partial charge on any atom is 0.122 e. The molecule has 2 nitrogen and oxygen atoms in total. The minimum absolute atomic E-state index is 0.384. The summed E-state index contributed by atoms with van der Waals surface area (Å²) in [7, 11) is 3.52. The molecule has 0 bridgehead atoms. The highest BCUT2D eigenvalue weighted by Gasteiger charge is 2.20. The summed E-state index contributed by atoms with van der Waals surface area (Å²) in [4.78, 5) is 0. The van der Waals surface area contributed by atoms with Gasteiger partial charge in [0.25, 0.3) is 0 Å². The molecule has 0 spiro atoms. The SMILES string of the molecule is COc1cccc2c1CCC(OC)C2. The normalized spacial score (nSPS) is 20.3. The summed E-state index contributed by atoms with van der Waals surface area (Å²) in [6.07, 6.45) is 3.57. The summed E-state index contributed by atoms with van der Waals surface area (Å²) in [5.74, 6) is 1.03. The molecule has 0 heterocycles. The van der Waals surface area contributed by atoms with Crippen molar-refractivity contribution >= 4 is 0 Å². The molecule has 0 radical (unpaired) electrons. The average molecular weight is 192 g/mol. The first-order valence-corrected chi connectivity index (χ1v) is 5.02. The van der Waals surface area contributed by atoms with Crippen LogP contribution in [0.1, 0.15) is 17.5 Å². The molecule has 1 aromatic rings. The van der Waals surface area contributed by atoms with Gasteiger partial charge in [0, 0.05) is 7.11 Å². The largest absolute Gasteiger partial charge is 0.496 e. The molecule has 0 amide bonds. The molecular weight excluding hydrogens is 176 g/mol. The number of benzene rings is 1. The highest BCUT2D eigenvalue weighted by atomic mass is 16.5. The Kier molecular flexibility index (Phi) is 2.73. The van der Waals surface area contributed by atoms with Gasteiger partial charge in [0.1, 0.15) is 5.75 Å². The minimum atomic E-state index is 0.384. The molecule has 0 aromatic heterocycles. The van der Waals surface area contributed by atoms with Gasteiger partial charge in [0.2, 0.25) is 0 Å². The highest BCUT2D eigenvalue weighted by molar-refractivity contribution is 5.42. The zero-order chi connectivity index (χ0) is 9.97. The quantitative estimate of drug-likeness (QED) is 0.715. The predicted molar refractivity (Wildman–Crippen MR) is 55.8 cm³/mol. The number of fused-ring (bicyclic) bond motifs is 1. The molecule has 0 N–H and O–H groups in total. The van der Waals surface area contributed by atoms with Crippen LogP contribution in [-0.2, 0) is 17.6 Å². The van der Waals surface area contributed by atoms with Gasteiger partial charge in [-0.1, -0.05) is 12.1 Å². The van der Waals surface area contributed by atoms with E-state index in [0.717, 1.165) is 25.0 Å². The third-order valence-corrected chi connectivity index (χ3v) is 2.95. The number of methoxy groups -OCH3 is 2. The van der Waals surface area contributed by atoms with Crippen molar-refractivity contribution in [1.29, 1.82) is 0 Å². The van der Waals surface area contributed by atoms with Crippen molar-refractivity contribution in [1.82, 2.24) is 0 Å². The van der Waals surface area contributed by atoms with Crippen LogP contribution in [0.4, 0.5) is 0 Å². The summed E-state index contributed by atoms with van der Waals surface area (Å²) < 4.78 is 10.7. The topological polar surface area (TPSA) is 18.5 Å². The first kappa shape index (κ1) is 9.53. The second kappa shape index (κ2) is 4.01. The molecule has 1 aliphatic rings. The maximum absolute atomic E-state index is 5.38. The fourth-order valence-electron chi connectivity index (χ4n) is 2.13. The molecule has 0 aliphatic heterocycles. The van der Waals surface area contributed by atoms with Crippen LogP contribution in [-0.4, -0.2) is 20.3 Å². The van der Waals surface area contributed by atoms with Crippen LogP contribution in [0.15, 0.2) is 18.2 Å². The van der Waals surface area contributed by atoms with Gasteiger partial charge in [-0.05, 0) is 36.5 Å². The lowest BCUT2D eigenvalue weighted by molar-refractivity contribution is 0.0907. The zero-order valence-corrected chi connectivity index (χ0v) is 8.75. The van der Waals surface area contributed by atoms with Crippen LogP contribution in [0.3, 0.4) is 0 Å². The van der Waals surface area contributed by atoms with E-state index in [1.807, 2.05) is 6.07 Å². The molecule has 2 heteroatoms. The van der Waals surface area contributed by atoms with E-state index >= 15 is 0 Å². The van der Waals surface area contributed by atoms with E-state index in [2.05, 4.69) is 12.1 Å². The van der Waals surface area contributed by atoms with E-state index in [9.17, 15) is 0 Å². The van der Waals surface area contributed by atoms with Gasteiger partial charge < -0.3 is 9.47 Å². The second-order valence-corrected chi connectivity index (χ2v) is 3.70. The van der Waals surface area contributed by atoms with Crippen LogP contribution in [0.25, 0.3) is 0 Å². The third kappa shape index (κ3) is 1.62. The van der Waals surface area contributed by atoms with Gasteiger partial charge in [0.05, 0.1) is 13.2 Å². The highest BCUT2D eigenvalue weighted by Crippen LogP contribution is 2.30. The molecule has 2 rings (SSSR count). The minimum Gasteiger partial charge on any atom is -0.496 e. The van der Waals surface area contributed by atoms with Crippen molar-refractivity contribution < 1.29 is 9.47 Å². The van der Waals surface area contributed by atoms with Gasteiger partial charge in [-0.15, -0.1) is 0 Å². The number of rotatable bonds is 2. The Bertz CT molecular complexity index is 320. The van der Waals surface area contributed by atoms with Crippen LogP contribution in [0.2, 0.25) is 0 Å². The van der Waals surface area contributed by atoms with Crippen molar-refractivity contribution in [3.8, 4) is 5.75 Å². The monoisotopic (exact) mass is 192 g/mol. The van der Waals surface area contributed by atoms with Crippen molar-refractivity contribution in [2.24, 2.45) is 0 Å². The summed E-state index contributed by atoms with van der Waals surface area (Å²) in [5, 5.41) is 0. The summed E-state index contributed by atoms with van der Waals surface area (Å²) in [6.45, 7) is 0. The maximum atomic E-state index is 5.38. The first-order valence-electron chi connectivity index (χ1n) is 5.02. The van der Waals surface area contributed by atoms with Crippen molar-refractivity contribution in [3.63, 3.8) is 0 Å². The van der Waals surface area contributed by atoms with Crippen molar-refractivity contribution in [3.05, 3.63) is 29.3 Å². The smallest absolute Gasteiger partial charge is 0.122 e. The van der Waals surface area contributed by atoms with Crippen LogP contribution in [0, 0.1) is 0 Å². The zero-order valence-electron chi connectivity index (χ0n) is 8.75.